The molecule has 1 aromatic rings. The summed E-state index contributed by atoms with van der Waals surface area (Å²) in [5.74, 6) is 1.76. The van der Waals surface area contributed by atoms with Crippen LogP contribution in [0.2, 0.25) is 0 Å². The third-order valence-electron chi connectivity index (χ3n) is 4.19. The summed E-state index contributed by atoms with van der Waals surface area (Å²) >= 11 is 0. The summed E-state index contributed by atoms with van der Waals surface area (Å²) in [5.41, 5.74) is 3.53. The second-order valence-corrected chi connectivity index (χ2v) is 5.48. The number of alkyl halides is 2. The van der Waals surface area contributed by atoms with Gasteiger partial charge >= 0.3 is 0 Å². The van der Waals surface area contributed by atoms with Crippen molar-refractivity contribution in [2.75, 3.05) is 18.0 Å². The fourth-order valence-corrected chi connectivity index (χ4v) is 2.82. The Bertz CT molecular complexity index is 603. The molecule has 1 aliphatic carbocycles. The Hall–Kier alpha value is -2.02. The maximum absolute atomic E-state index is 13.2. The van der Waals surface area contributed by atoms with Gasteiger partial charge < -0.3 is 4.90 Å². The van der Waals surface area contributed by atoms with E-state index in [1.54, 1.807) is 12.1 Å². The molecule has 21 heavy (non-hydrogen) atoms. The molecule has 0 spiro atoms. The Kier molecular flexibility index (Phi) is 3.16. The summed E-state index contributed by atoms with van der Waals surface area (Å²) in [4.78, 5) is 17.4. The van der Waals surface area contributed by atoms with Crippen molar-refractivity contribution in [1.82, 2.24) is 10.4 Å². The number of halogens is 2. The number of hydrogen-bond donors (Lipinski definition) is 2. The quantitative estimate of drug-likeness (QED) is 0.379. The van der Waals surface area contributed by atoms with Gasteiger partial charge in [0.05, 0.1) is 11.8 Å². The molecule has 112 valence electrons. The number of hydrazine groups is 1. The summed E-state index contributed by atoms with van der Waals surface area (Å²) in [5, 5.41) is 0. The number of fused-ring (bicyclic) bond motifs is 1. The molecule has 1 amide bonds. The number of pyridine rings is 1. The summed E-state index contributed by atoms with van der Waals surface area (Å²) in [6.45, 7) is 2.53. The van der Waals surface area contributed by atoms with E-state index < -0.39 is 23.7 Å². The highest BCUT2D eigenvalue weighted by Gasteiger charge is 2.71. The molecule has 1 saturated carbocycles. The van der Waals surface area contributed by atoms with Crippen LogP contribution in [-0.4, -0.2) is 29.9 Å². The number of anilines is 1. The van der Waals surface area contributed by atoms with Gasteiger partial charge in [-0.2, -0.15) is 0 Å². The molecule has 3 rings (SSSR count). The first-order valence-electron chi connectivity index (χ1n) is 6.72. The first-order chi connectivity index (χ1) is 9.93. The van der Waals surface area contributed by atoms with Crippen molar-refractivity contribution >= 4 is 17.8 Å². The number of hydrogen-bond acceptors (Lipinski definition) is 4. The molecule has 0 radical (unpaired) electrons. The minimum atomic E-state index is -2.48. The van der Waals surface area contributed by atoms with E-state index >= 15 is 0 Å². The van der Waals surface area contributed by atoms with E-state index in [0.717, 1.165) is 11.3 Å². The molecule has 0 aromatic carbocycles. The van der Waals surface area contributed by atoms with Crippen molar-refractivity contribution in [3.8, 4) is 0 Å². The molecule has 7 heteroatoms. The van der Waals surface area contributed by atoms with Crippen molar-refractivity contribution < 1.29 is 13.6 Å². The van der Waals surface area contributed by atoms with Gasteiger partial charge in [-0.15, -0.1) is 0 Å². The van der Waals surface area contributed by atoms with Crippen LogP contribution in [0, 0.1) is 18.8 Å². The molecule has 5 nitrogen and oxygen atoms in total. The normalized spacial score (nSPS) is 26.0. The number of aryl methyl sites for hydroxylation is 1. The maximum Gasteiger partial charge on any atom is 0.258 e. The van der Waals surface area contributed by atoms with Gasteiger partial charge in [-0.1, -0.05) is 0 Å². The number of carbonyl (C=O) groups is 1. The molecular weight excluding hydrogens is 278 g/mol. The van der Waals surface area contributed by atoms with Crippen molar-refractivity contribution in [3.63, 3.8) is 0 Å². The van der Waals surface area contributed by atoms with Gasteiger partial charge in [-0.05, 0) is 30.7 Å². The number of piperidine rings is 1. The number of rotatable bonds is 3. The standard InChI is InChI=1S/C14H16F2N4O/c1-8-9(3-5-13(21)19-17)2-4-12(18-8)20-6-10-11(7-20)14(10,15)16/h2-5,10-11H,6-7,17H2,1H3,(H,19,21)/b5-3+. The van der Waals surface area contributed by atoms with Crippen LogP contribution in [0.25, 0.3) is 6.08 Å². The highest BCUT2D eigenvalue weighted by atomic mass is 19.3. The van der Waals surface area contributed by atoms with Crippen LogP contribution in [-0.2, 0) is 4.79 Å². The van der Waals surface area contributed by atoms with Crippen LogP contribution in [0.1, 0.15) is 11.3 Å². The number of aromatic nitrogens is 1. The van der Waals surface area contributed by atoms with E-state index in [1.165, 1.54) is 6.08 Å². The first-order valence-corrected chi connectivity index (χ1v) is 6.72. The van der Waals surface area contributed by atoms with Crippen molar-refractivity contribution in [2.24, 2.45) is 17.7 Å². The van der Waals surface area contributed by atoms with Gasteiger partial charge in [0.1, 0.15) is 5.82 Å². The predicted molar refractivity (Wildman–Crippen MR) is 74.5 cm³/mol. The summed E-state index contributed by atoms with van der Waals surface area (Å²) in [6.07, 6.45) is 2.93. The lowest BCUT2D eigenvalue weighted by atomic mass is 10.2. The van der Waals surface area contributed by atoms with Crippen molar-refractivity contribution in [3.05, 3.63) is 29.5 Å². The van der Waals surface area contributed by atoms with Crippen LogP contribution >= 0.6 is 0 Å². The van der Waals surface area contributed by atoms with Crippen LogP contribution < -0.4 is 16.2 Å². The highest BCUT2D eigenvalue weighted by molar-refractivity contribution is 5.91. The minimum absolute atomic E-state index is 0.356. The van der Waals surface area contributed by atoms with E-state index in [2.05, 4.69) is 4.98 Å². The van der Waals surface area contributed by atoms with Gasteiger partial charge in [-0.3, -0.25) is 10.2 Å². The average Bonchev–Trinajstić information content (AvgIpc) is 2.83. The van der Waals surface area contributed by atoms with E-state index in [-0.39, 0.29) is 0 Å². The molecule has 2 atom stereocenters. The van der Waals surface area contributed by atoms with Gasteiger partial charge in [0.15, 0.2) is 0 Å². The fraction of sp³-hybridized carbons (Fsp3) is 0.429. The molecule has 0 bridgehead atoms. The van der Waals surface area contributed by atoms with Crippen molar-refractivity contribution in [1.29, 1.82) is 0 Å². The topological polar surface area (TPSA) is 71.2 Å². The largest absolute Gasteiger partial charge is 0.356 e. The maximum atomic E-state index is 13.2. The SMILES string of the molecule is Cc1nc(N2CC3C(C2)C3(F)F)ccc1/C=C/C(=O)NN. The van der Waals surface area contributed by atoms with E-state index in [4.69, 9.17) is 5.84 Å². The number of amides is 1. The average molecular weight is 294 g/mol. The molecule has 2 unspecified atom stereocenters. The third-order valence-corrected chi connectivity index (χ3v) is 4.19. The smallest absolute Gasteiger partial charge is 0.258 e. The van der Waals surface area contributed by atoms with Crippen LogP contribution in [0.5, 0.6) is 0 Å². The van der Waals surface area contributed by atoms with Crippen LogP contribution in [0.3, 0.4) is 0 Å². The van der Waals surface area contributed by atoms with E-state index in [0.29, 0.717) is 18.9 Å². The van der Waals surface area contributed by atoms with Crippen LogP contribution in [0.15, 0.2) is 18.2 Å². The number of carbonyl (C=O) groups excluding carboxylic acids is 1. The van der Waals surface area contributed by atoms with Crippen LogP contribution in [0.4, 0.5) is 14.6 Å². The molecule has 2 heterocycles. The summed E-state index contributed by atoms with van der Waals surface area (Å²) < 4.78 is 26.4. The third kappa shape index (κ3) is 2.37. The molecular formula is C14H16F2N4O. The monoisotopic (exact) mass is 294 g/mol. The second-order valence-electron chi connectivity index (χ2n) is 5.48. The Morgan fingerprint density at radius 2 is 2.14 bits per heavy atom. The molecule has 3 N–H and O–H groups in total. The van der Waals surface area contributed by atoms with E-state index in [9.17, 15) is 13.6 Å². The number of nitrogens with two attached hydrogens (primary N) is 1. The molecule has 2 aliphatic rings. The zero-order valence-electron chi connectivity index (χ0n) is 11.5. The number of nitrogens with zero attached hydrogens (tertiary/aromatic N) is 2. The van der Waals surface area contributed by atoms with Gasteiger partial charge in [0.25, 0.3) is 11.8 Å². The zero-order chi connectivity index (χ0) is 15.2. The molecule has 1 aliphatic heterocycles. The molecule has 2 fully saturated rings. The fourth-order valence-electron chi connectivity index (χ4n) is 2.82. The van der Waals surface area contributed by atoms with E-state index in [1.807, 2.05) is 23.3 Å². The lowest BCUT2D eigenvalue weighted by Gasteiger charge is -2.21. The highest BCUT2D eigenvalue weighted by Crippen LogP contribution is 2.59. The number of nitrogens with one attached hydrogen (secondary N) is 1. The molecule has 1 saturated heterocycles. The minimum Gasteiger partial charge on any atom is -0.356 e. The van der Waals surface area contributed by atoms with Gasteiger partial charge in [0.2, 0.25) is 0 Å². The Balaban J connectivity index is 1.71. The Morgan fingerprint density at radius 1 is 1.48 bits per heavy atom. The second kappa shape index (κ2) is 4.77. The first kappa shape index (κ1) is 13.9. The van der Waals surface area contributed by atoms with Gasteiger partial charge in [0, 0.05) is 24.9 Å². The Labute approximate surface area is 120 Å². The lowest BCUT2D eigenvalue weighted by molar-refractivity contribution is -0.116. The Morgan fingerprint density at radius 3 is 2.71 bits per heavy atom. The predicted octanol–water partition coefficient (Wildman–Crippen LogP) is 1.09. The molecule has 1 aromatic heterocycles. The summed E-state index contributed by atoms with van der Waals surface area (Å²) in [6, 6.07) is 3.61. The summed E-state index contributed by atoms with van der Waals surface area (Å²) in [7, 11) is 0. The van der Waals surface area contributed by atoms with Crippen molar-refractivity contribution in [2.45, 2.75) is 12.8 Å². The lowest BCUT2D eigenvalue weighted by Crippen LogP contribution is -2.28. The van der Waals surface area contributed by atoms with Gasteiger partial charge in [-0.25, -0.2) is 19.6 Å². The zero-order valence-corrected chi connectivity index (χ0v) is 11.5.